The fraction of sp³-hybridized carbons (Fsp3) is 0.0811. The van der Waals surface area contributed by atoms with Gasteiger partial charge in [-0.1, -0.05) is 62.4 Å². The van der Waals surface area contributed by atoms with Crippen LogP contribution >= 0.6 is 0 Å². The first kappa shape index (κ1) is 24.4. The molecule has 7 aromatic rings. The Morgan fingerprint density at radius 2 is 1.45 bits per heavy atom. The van der Waals surface area contributed by atoms with Crippen LogP contribution in [-0.2, 0) is 5.41 Å². The zero-order chi connectivity index (χ0) is 28.3. The molecule has 5 nitrogen and oxygen atoms in total. The average Bonchev–Trinajstić information content (AvgIpc) is 3.39. The van der Waals surface area contributed by atoms with E-state index in [1.54, 1.807) is 6.20 Å². The zero-order valence-electron chi connectivity index (χ0n) is 23.3. The maximum Gasteiger partial charge on any atom is 0.141 e. The monoisotopic (exact) mass is 545 g/mol. The maximum atomic E-state index is 6.41. The lowest BCUT2D eigenvalue weighted by atomic mass is 9.74. The van der Waals surface area contributed by atoms with E-state index in [4.69, 9.17) is 14.1 Å². The first-order valence-corrected chi connectivity index (χ1v) is 14.1. The van der Waals surface area contributed by atoms with E-state index < -0.39 is 0 Å². The number of ether oxygens (including phenoxy) is 1. The maximum absolute atomic E-state index is 6.41. The molecule has 0 bridgehead atoms. The number of hydrogen-bond donors (Lipinski definition) is 0. The van der Waals surface area contributed by atoms with Gasteiger partial charge in [0.25, 0.3) is 0 Å². The molecule has 3 aromatic heterocycles. The second-order valence-electron chi connectivity index (χ2n) is 11.1. The van der Waals surface area contributed by atoms with Crippen LogP contribution in [0.3, 0.4) is 0 Å². The number of hydrogen-bond acceptors (Lipinski definition) is 5. The van der Waals surface area contributed by atoms with Crippen LogP contribution in [0, 0.1) is 0 Å². The number of rotatable bonds is 4. The first-order chi connectivity index (χ1) is 20.6. The third-order valence-corrected chi connectivity index (χ3v) is 8.19. The van der Waals surface area contributed by atoms with Crippen molar-refractivity contribution in [3.63, 3.8) is 0 Å². The summed E-state index contributed by atoms with van der Waals surface area (Å²) >= 11 is 0. The van der Waals surface area contributed by atoms with Gasteiger partial charge in [0.15, 0.2) is 0 Å². The molecule has 202 valence electrons. The third-order valence-electron chi connectivity index (χ3n) is 8.19. The van der Waals surface area contributed by atoms with Crippen molar-refractivity contribution in [2.75, 3.05) is 4.90 Å². The van der Waals surface area contributed by atoms with Crippen LogP contribution in [-0.4, -0.2) is 9.97 Å². The molecule has 5 heteroatoms. The van der Waals surface area contributed by atoms with Crippen LogP contribution in [0.4, 0.5) is 17.2 Å². The van der Waals surface area contributed by atoms with Crippen molar-refractivity contribution < 1.29 is 9.15 Å². The van der Waals surface area contributed by atoms with Crippen molar-refractivity contribution in [2.45, 2.75) is 19.3 Å². The van der Waals surface area contributed by atoms with Crippen molar-refractivity contribution in [1.29, 1.82) is 0 Å². The van der Waals surface area contributed by atoms with Crippen molar-refractivity contribution in [2.24, 2.45) is 0 Å². The summed E-state index contributed by atoms with van der Waals surface area (Å²) in [5.41, 5.74) is 7.81. The summed E-state index contributed by atoms with van der Waals surface area (Å²) in [5.74, 6) is 2.40. The molecule has 0 atom stereocenters. The lowest BCUT2D eigenvalue weighted by molar-refractivity contribution is 0.483. The van der Waals surface area contributed by atoms with Crippen LogP contribution in [0.15, 0.2) is 132 Å². The Bertz CT molecular complexity index is 2110. The van der Waals surface area contributed by atoms with E-state index in [0.717, 1.165) is 67.5 Å². The number of anilines is 3. The van der Waals surface area contributed by atoms with Crippen LogP contribution in [0.2, 0.25) is 0 Å². The van der Waals surface area contributed by atoms with E-state index >= 15 is 0 Å². The van der Waals surface area contributed by atoms with E-state index in [2.05, 4.69) is 66.2 Å². The summed E-state index contributed by atoms with van der Waals surface area (Å²) in [6.07, 6.45) is 3.66. The van der Waals surface area contributed by atoms with Gasteiger partial charge >= 0.3 is 0 Å². The van der Waals surface area contributed by atoms with Gasteiger partial charge in [-0.3, -0.25) is 9.88 Å². The van der Waals surface area contributed by atoms with Gasteiger partial charge in [-0.05, 0) is 66.2 Å². The quantitative estimate of drug-likeness (QED) is 0.220. The summed E-state index contributed by atoms with van der Waals surface area (Å²) in [6, 6.07) is 39.0. The summed E-state index contributed by atoms with van der Waals surface area (Å²) in [7, 11) is 0. The number of furan rings is 1. The molecule has 8 rings (SSSR count). The largest absolute Gasteiger partial charge is 0.457 e. The van der Waals surface area contributed by atoms with Gasteiger partial charge in [-0.2, -0.15) is 0 Å². The van der Waals surface area contributed by atoms with E-state index in [9.17, 15) is 0 Å². The van der Waals surface area contributed by atoms with Crippen LogP contribution in [0.5, 0.6) is 11.5 Å². The lowest BCUT2D eigenvalue weighted by Crippen LogP contribution is -2.31. The van der Waals surface area contributed by atoms with Crippen LogP contribution in [0.25, 0.3) is 33.2 Å². The molecule has 4 heterocycles. The molecular formula is C37H27N3O2. The Morgan fingerprint density at radius 1 is 0.643 bits per heavy atom. The molecule has 4 aromatic carbocycles. The molecule has 0 fully saturated rings. The lowest BCUT2D eigenvalue weighted by Gasteiger charge is -2.41. The molecule has 0 saturated carbocycles. The minimum atomic E-state index is -0.275. The van der Waals surface area contributed by atoms with Gasteiger partial charge in [0.1, 0.15) is 28.5 Å². The number of fused-ring (bicyclic) bond motifs is 5. The predicted octanol–water partition coefficient (Wildman–Crippen LogP) is 9.94. The summed E-state index contributed by atoms with van der Waals surface area (Å²) in [4.78, 5) is 11.6. The van der Waals surface area contributed by atoms with Crippen LogP contribution in [0.1, 0.15) is 25.0 Å². The van der Waals surface area contributed by atoms with Gasteiger partial charge in [0.05, 0.1) is 17.1 Å². The number of pyridine rings is 2. The Hall–Kier alpha value is -5.42. The van der Waals surface area contributed by atoms with E-state index in [-0.39, 0.29) is 5.41 Å². The molecule has 1 aliphatic heterocycles. The molecule has 0 radical (unpaired) electrons. The highest BCUT2D eigenvalue weighted by Gasteiger charge is 2.38. The van der Waals surface area contributed by atoms with Gasteiger partial charge < -0.3 is 9.15 Å². The van der Waals surface area contributed by atoms with Crippen molar-refractivity contribution in [3.05, 3.63) is 139 Å². The Balaban J connectivity index is 1.26. The number of benzene rings is 4. The average molecular weight is 546 g/mol. The Kier molecular flexibility index (Phi) is 5.41. The third kappa shape index (κ3) is 3.85. The SMILES string of the molecule is CC1(C)c2cc3oc4ccccc4c3cc2N(c2cccc(Oc3cccc(-c4ccccn4)c3)c2)c2ncccc21. The minimum absolute atomic E-state index is 0.275. The number of para-hydroxylation sites is 1. The molecular weight excluding hydrogens is 518 g/mol. The van der Waals surface area contributed by atoms with E-state index in [1.165, 1.54) is 5.56 Å². The Labute approximate surface area is 243 Å². The Morgan fingerprint density at radius 3 is 2.33 bits per heavy atom. The molecule has 1 aliphatic rings. The number of aromatic nitrogens is 2. The van der Waals surface area contributed by atoms with Crippen molar-refractivity contribution >= 4 is 39.1 Å². The minimum Gasteiger partial charge on any atom is -0.457 e. The first-order valence-electron chi connectivity index (χ1n) is 14.1. The molecule has 0 spiro atoms. The highest BCUT2D eigenvalue weighted by Crippen LogP contribution is 2.53. The summed E-state index contributed by atoms with van der Waals surface area (Å²) in [5, 5.41) is 2.19. The summed E-state index contributed by atoms with van der Waals surface area (Å²) in [6.45, 7) is 4.51. The highest BCUT2D eigenvalue weighted by molar-refractivity contribution is 6.07. The fourth-order valence-corrected chi connectivity index (χ4v) is 6.10. The van der Waals surface area contributed by atoms with Gasteiger partial charge in [0.2, 0.25) is 0 Å². The second-order valence-corrected chi connectivity index (χ2v) is 11.1. The summed E-state index contributed by atoms with van der Waals surface area (Å²) < 4.78 is 12.7. The van der Waals surface area contributed by atoms with Crippen molar-refractivity contribution in [3.8, 4) is 22.8 Å². The standard InChI is InChI=1S/C37H27N3O2/c1-37(2)30-15-9-19-39-36(30)40(33-22-29-28-14-3-4-17-34(28)42-35(29)23-31(33)37)25-11-8-13-27(21-25)41-26-12-7-10-24(20-26)32-16-5-6-18-38-32/h3-23H,1-2H3. The topological polar surface area (TPSA) is 51.4 Å². The number of nitrogens with zero attached hydrogens (tertiary/aromatic N) is 3. The smallest absolute Gasteiger partial charge is 0.141 e. The predicted molar refractivity (Wildman–Crippen MR) is 168 cm³/mol. The highest BCUT2D eigenvalue weighted by atomic mass is 16.5. The van der Waals surface area contributed by atoms with Gasteiger partial charge in [-0.25, -0.2) is 4.98 Å². The molecule has 0 unspecified atom stereocenters. The van der Waals surface area contributed by atoms with Crippen LogP contribution < -0.4 is 9.64 Å². The fourth-order valence-electron chi connectivity index (χ4n) is 6.10. The van der Waals surface area contributed by atoms with E-state index in [0.29, 0.717) is 0 Å². The van der Waals surface area contributed by atoms with Gasteiger partial charge in [0, 0.05) is 45.8 Å². The molecule has 0 N–H and O–H groups in total. The van der Waals surface area contributed by atoms with E-state index in [1.807, 2.05) is 79.0 Å². The zero-order valence-corrected chi connectivity index (χ0v) is 23.3. The second kappa shape index (κ2) is 9.32. The molecule has 42 heavy (non-hydrogen) atoms. The molecule has 0 aliphatic carbocycles. The van der Waals surface area contributed by atoms with Gasteiger partial charge in [-0.15, -0.1) is 0 Å². The molecule has 0 saturated heterocycles. The van der Waals surface area contributed by atoms with Crippen molar-refractivity contribution in [1.82, 2.24) is 9.97 Å². The molecule has 0 amide bonds. The normalized spacial score (nSPS) is 13.6.